The summed E-state index contributed by atoms with van der Waals surface area (Å²) in [5.74, 6) is 3.79. The van der Waals surface area contributed by atoms with Gasteiger partial charge in [0, 0.05) is 44.2 Å². The largest absolute Gasteiger partial charge is 0.208 e. The van der Waals surface area contributed by atoms with Crippen molar-refractivity contribution in [1.29, 1.82) is 0 Å². The molecule has 2 aliphatic rings. The van der Waals surface area contributed by atoms with Crippen molar-refractivity contribution in [3.8, 4) is 135 Å². The van der Waals surface area contributed by atoms with Gasteiger partial charge in [0.2, 0.25) is 0 Å². The molecule has 86 heavy (non-hydrogen) atoms. The fourth-order valence-electron chi connectivity index (χ4n) is 13.3. The molecule has 0 aliphatic heterocycles. The predicted octanol–water partition coefficient (Wildman–Crippen LogP) is 20.0. The molecule has 6 nitrogen and oxygen atoms in total. The van der Waals surface area contributed by atoms with Crippen molar-refractivity contribution in [3.05, 3.63) is 288 Å². The lowest BCUT2D eigenvalue weighted by atomic mass is 9.79. The van der Waals surface area contributed by atoms with E-state index in [-0.39, 0.29) is 10.8 Å². The molecule has 6 heteroatoms. The Kier molecular flexibility index (Phi) is 12.5. The summed E-state index contributed by atoms with van der Waals surface area (Å²) in [6.45, 7) is 14.0. The summed E-state index contributed by atoms with van der Waals surface area (Å²) in [7, 11) is 0. The SMILES string of the molecule is Cc1cc(-c2nc(-c3cccc(-c4ccccc4)c3)nc(-c3cccc(-c4ccccc4)c3)n2)cc2c1-c1cc3c(cc1C2(C)C)-c1c(C)cc(-c2nc(-c4cccc(-c5ccccc5)c4)nc(-c4cccc(-c5ccccc5)c4)n2)cc1C3(C)C. The van der Waals surface area contributed by atoms with Crippen LogP contribution in [0.25, 0.3) is 135 Å². The highest BCUT2D eigenvalue weighted by Crippen LogP contribution is 2.58. The van der Waals surface area contributed by atoms with Gasteiger partial charge in [0.05, 0.1) is 0 Å². The average molecular weight is 1110 g/mol. The van der Waals surface area contributed by atoms with Crippen LogP contribution in [0.5, 0.6) is 0 Å². The molecule has 15 rings (SSSR count). The van der Waals surface area contributed by atoms with Gasteiger partial charge in [0.1, 0.15) is 0 Å². The van der Waals surface area contributed by atoms with Crippen LogP contribution in [0.15, 0.2) is 255 Å². The number of aromatic nitrogens is 6. The Morgan fingerprint density at radius 1 is 0.209 bits per heavy atom. The molecule has 13 aromatic rings. The molecule has 0 fully saturated rings. The third-order valence-corrected chi connectivity index (χ3v) is 17.8. The van der Waals surface area contributed by atoms with Crippen LogP contribution in [-0.4, -0.2) is 29.9 Å². The Hall–Kier alpha value is -10.6. The molecule has 2 aliphatic carbocycles. The van der Waals surface area contributed by atoms with Crippen LogP contribution >= 0.6 is 0 Å². The average Bonchev–Trinajstić information content (AvgIpc) is 1.64. The number of hydrogen-bond donors (Lipinski definition) is 0. The smallest absolute Gasteiger partial charge is 0.164 e. The zero-order chi connectivity index (χ0) is 58.3. The summed E-state index contributed by atoms with van der Waals surface area (Å²) in [4.78, 5) is 31.9. The molecule has 0 saturated carbocycles. The Labute approximate surface area is 502 Å². The van der Waals surface area contributed by atoms with Crippen LogP contribution in [0.3, 0.4) is 0 Å². The first-order valence-electron chi connectivity index (χ1n) is 29.6. The maximum absolute atomic E-state index is 5.35. The topological polar surface area (TPSA) is 77.3 Å². The maximum atomic E-state index is 5.35. The molecule has 0 radical (unpaired) electrons. The normalized spacial score (nSPS) is 13.2. The third-order valence-electron chi connectivity index (χ3n) is 17.8. The van der Waals surface area contributed by atoms with Gasteiger partial charge < -0.3 is 0 Å². The highest BCUT2D eigenvalue weighted by Gasteiger charge is 2.43. The van der Waals surface area contributed by atoms with Crippen LogP contribution in [0.4, 0.5) is 0 Å². The third kappa shape index (κ3) is 9.13. The van der Waals surface area contributed by atoms with E-state index in [4.69, 9.17) is 29.9 Å². The summed E-state index contributed by atoms with van der Waals surface area (Å²) >= 11 is 0. The molecule has 11 aromatic carbocycles. The Morgan fingerprint density at radius 3 is 0.709 bits per heavy atom. The van der Waals surface area contributed by atoms with Crippen molar-refractivity contribution in [1.82, 2.24) is 29.9 Å². The molecule has 0 N–H and O–H groups in total. The first kappa shape index (κ1) is 52.3. The van der Waals surface area contributed by atoms with E-state index in [9.17, 15) is 0 Å². The second-order valence-electron chi connectivity index (χ2n) is 24.0. The minimum Gasteiger partial charge on any atom is -0.208 e. The Bertz CT molecular complexity index is 4310. The lowest BCUT2D eigenvalue weighted by Crippen LogP contribution is -2.17. The molecule has 0 bridgehead atoms. The molecule has 0 atom stereocenters. The van der Waals surface area contributed by atoms with Gasteiger partial charge >= 0.3 is 0 Å². The van der Waals surface area contributed by atoms with Gasteiger partial charge in [-0.3, -0.25) is 0 Å². The van der Waals surface area contributed by atoms with E-state index in [1.54, 1.807) is 0 Å². The van der Waals surface area contributed by atoms with Gasteiger partial charge in [-0.25, -0.2) is 29.9 Å². The number of fused-ring (bicyclic) bond motifs is 6. The molecular formula is C80H60N6. The summed E-state index contributed by atoms with van der Waals surface area (Å²) in [5.41, 5.74) is 26.6. The first-order chi connectivity index (χ1) is 41.9. The number of benzene rings is 11. The van der Waals surface area contributed by atoms with E-state index >= 15 is 0 Å². The maximum Gasteiger partial charge on any atom is 0.164 e. The van der Waals surface area contributed by atoms with Gasteiger partial charge in [0.25, 0.3) is 0 Å². The van der Waals surface area contributed by atoms with Crippen molar-refractivity contribution in [2.75, 3.05) is 0 Å². The fourth-order valence-corrected chi connectivity index (χ4v) is 13.3. The standard InChI is InChI=1S/C80H60N6/c1-49-39-63(77-83-73(59-35-19-31-55(41-59)51-23-11-7-12-24-51)81-74(84-77)60-36-20-32-56(42-60)52-25-13-8-14-26-52)45-69-71(49)65-47-68-66(48-67(65)79(69,3)4)72-50(2)40-64(46-70(72)80(68,5)6)78-85-75(61-37-21-33-57(43-61)53-27-15-9-16-28-53)82-76(86-78)62-38-22-34-58(44-62)54-29-17-10-18-30-54/h7-48H,1-6H3. The molecule has 2 aromatic heterocycles. The van der Waals surface area contributed by atoms with Crippen LogP contribution < -0.4 is 0 Å². The summed E-state index contributed by atoms with van der Waals surface area (Å²) < 4.78 is 0. The monoisotopic (exact) mass is 1100 g/mol. The van der Waals surface area contributed by atoms with Crippen molar-refractivity contribution in [2.24, 2.45) is 0 Å². The molecule has 0 unspecified atom stereocenters. The number of aryl methyl sites for hydroxylation is 2. The Morgan fingerprint density at radius 2 is 0.442 bits per heavy atom. The van der Waals surface area contributed by atoms with Crippen molar-refractivity contribution >= 4 is 0 Å². The minimum absolute atomic E-state index is 0.346. The van der Waals surface area contributed by atoms with Gasteiger partial charge in [-0.05, 0) is 175 Å². The van der Waals surface area contributed by atoms with Crippen LogP contribution in [-0.2, 0) is 10.8 Å². The summed E-state index contributed by atoms with van der Waals surface area (Å²) in [6, 6.07) is 90.3. The lowest BCUT2D eigenvalue weighted by Gasteiger charge is -2.24. The van der Waals surface area contributed by atoms with E-state index < -0.39 is 0 Å². The fraction of sp³-hybridized carbons (Fsp3) is 0.100. The Balaban J connectivity index is 0.826. The molecule has 0 spiro atoms. The molecule has 0 saturated heterocycles. The van der Waals surface area contributed by atoms with E-state index in [1.165, 1.54) is 55.6 Å². The highest BCUT2D eigenvalue weighted by atomic mass is 15.0. The molecule has 0 amide bonds. The van der Waals surface area contributed by atoms with Gasteiger partial charge in [-0.2, -0.15) is 0 Å². The van der Waals surface area contributed by atoms with E-state index in [0.29, 0.717) is 34.9 Å². The second kappa shape index (κ2) is 20.6. The van der Waals surface area contributed by atoms with Gasteiger partial charge in [-0.15, -0.1) is 0 Å². The molecular weight excluding hydrogens is 1040 g/mol. The number of hydrogen-bond acceptors (Lipinski definition) is 6. The number of rotatable bonds is 10. The van der Waals surface area contributed by atoms with Crippen LogP contribution in [0.2, 0.25) is 0 Å². The summed E-state index contributed by atoms with van der Waals surface area (Å²) in [6.07, 6.45) is 0. The van der Waals surface area contributed by atoms with Crippen molar-refractivity contribution in [2.45, 2.75) is 52.4 Å². The van der Waals surface area contributed by atoms with Crippen LogP contribution in [0, 0.1) is 13.8 Å². The van der Waals surface area contributed by atoms with Gasteiger partial charge in [0.15, 0.2) is 34.9 Å². The van der Waals surface area contributed by atoms with E-state index in [1.807, 2.05) is 24.3 Å². The van der Waals surface area contributed by atoms with Crippen molar-refractivity contribution < 1.29 is 0 Å². The second-order valence-corrected chi connectivity index (χ2v) is 24.0. The highest BCUT2D eigenvalue weighted by molar-refractivity contribution is 5.93. The first-order valence-corrected chi connectivity index (χ1v) is 29.6. The number of nitrogens with zero attached hydrogens (tertiary/aromatic N) is 6. The van der Waals surface area contributed by atoms with Gasteiger partial charge in [-0.1, -0.05) is 222 Å². The van der Waals surface area contributed by atoms with Crippen LogP contribution in [0.1, 0.15) is 61.1 Å². The van der Waals surface area contributed by atoms with Crippen molar-refractivity contribution in [3.63, 3.8) is 0 Å². The minimum atomic E-state index is -0.346. The van der Waals surface area contributed by atoms with E-state index in [2.05, 4.69) is 272 Å². The van der Waals surface area contributed by atoms with E-state index in [0.717, 1.165) is 77.9 Å². The predicted molar refractivity (Wildman–Crippen MR) is 352 cm³/mol. The molecule has 410 valence electrons. The molecule has 2 heterocycles. The summed E-state index contributed by atoms with van der Waals surface area (Å²) in [5, 5.41) is 0. The zero-order valence-corrected chi connectivity index (χ0v) is 48.9. The quantitative estimate of drug-likeness (QED) is 0.136. The zero-order valence-electron chi connectivity index (χ0n) is 48.9. The lowest BCUT2D eigenvalue weighted by molar-refractivity contribution is 0.652.